The van der Waals surface area contributed by atoms with Crippen LogP contribution in [0.1, 0.15) is 0 Å². The Morgan fingerprint density at radius 3 is 1.92 bits per heavy atom. The van der Waals surface area contributed by atoms with E-state index in [2.05, 4.69) is 0 Å². The van der Waals surface area contributed by atoms with Crippen LogP contribution in [0.3, 0.4) is 0 Å². The molecule has 0 fully saturated rings. The zero-order valence-corrected chi connectivity index (χ0v) is 9.00. The maximum atomic E-state index is 10.6. The standard InChI is InChI=1S/C8H14O4Si/c1-13(2,3)5-6(8(11)12)4-7(9)10/h4H,5H2,1-3H3,(H,9,10)(H,11,12)/b6-4+. The van der Waals surface area contributed by atoms with Gasteiger partial charge in [-0.3, -0.25) is 0 Å². The van der Waals surface area contributed by atoms with Gasteiger partial charge in [0.2, 0.25) is 0 Å². The molecule has 0 spiro atoms. The molecule has 0 aliphatic carbocycles. The Labute approximate surface area is 77.9 Å². The average molecular weight is 202 g/mol. The van der Waals surface area contributed by atoms with E-state index in [4.69, 9.17) is 10.2 Å². The molecular formula is C8H14O4Si. The molecule has 0 aliphatic heterocycles. The van der Waals surface area contributed by atoms with Gasteiger partial charge in [0.15, 0.2) is 0 Å². The molecule has 0 saturated heterocycles. The minimum Gasteiger partial charge on any atom is -0.478 e. The van der Waals surface area contributed by atoms with E-state index in [0.29, 0.717) is 6.04 Å². The van der Waals surface area contributed by atoms with E-state index in [-0.39, 0.29) is 5.57 Å². The Balaban J connectivity index is 4.65. The van der Waals surface area contributed by atoms with E-state index in [1.54, 1.807) is 0 Å². The lowest BCUT2D eigenvalue weighted by Gasteiger charge is -2.15. The van der Waals surface area contributed by atoms with Gasteiger partial charge in [-0.1, -0.05) is 19.6 Å². The zero-order chi connectivity index (χ0) is 10.6. The van der Waals surface area contributed by atoms with Crippen molar-refractivity contribution in [2.45, 2.75) is 25.7 Å². The summed E-state index contributed by atoms with van der Waals surface area (Å²) in [6.45, 7) is 5.98. The molecule has 2 N–H and O–H groups in total. The van der Waals surface area contributed by atoms with Crippen LogP contribution in [0.4, 0.5) is 0 Å². The van der Waals surface area contributed by atoms with E-state index < -0.39 is 20.0 Å². The minimum atomic E-state index is -1.56. The van der Waals surface area contributed by atoms with Crippen LogP contribution in [0, 0.1) is 0 Å². The number of carboxylic acids is 2. The van der Waals surface area contributed by atoms with Gasteiger partial charge < -0.3 is 10.2 Å². The molecule has 0 aromatic heterocycles. The molecule has 0 aromatic carbocycles. The van der Waals surface area contributed by atoms with Crippen molar-refractivity contribution in [3.05, 3.63) is 11.6 Å². The van der Waals surface area contributed by atoms with Crippen molar-refractivity contribution in [1.29, 1.82) is 0 Å². The summed E-state index contributed by atoms with van der Waals surface area (Å²) in [7, 11) is -1.56. The summed E-state index contributed by atoms with van der Waals surface area (Å²) in [5, 5.41) is 17.1. The second-order valence-electron chi connectivity index (χ2n) is 4.05. The Hall–Kier alpha value is -1.10. The molecule has 0 unspecified atom stereocenters. The van der Waals surface area contributed by atoms with Crippen LogP contribution >= 0.6 is 0 Å². The summed E-state index contributed by atoms with van der Waals surface area (Å²) >= 11 is 0. The number of carbonyl (C=O) groups is 2. The van der Waals surface area contributed by atoms with Gasteiger partial charge in [-0.15, -0.1) is 0 Å². The van der Waals surface area contributed by atoms with Crippen molar-refractivity contribution in [3.63, 3.8) is 0 Å². The summed E-state index contributed by atoms with van der Waals surface area (Å²) in [6.07, 6.45) is 0.778. The van der Waals surface area contributed by atoms with Crippen LogP contribution in [-0.2, 0) is 9.59 Å². The highest BCUT2D eigenvalue weighted by Gasteiger charge is 2.20. The van der Waals surface area contributed by atoms with Crippen LogP contribution in [0.25, 0.3) is 0 Å². The van der Waals surface area contributed by atoms with Gasteiger partial charge in [-0.2, -0.15) is 0 Å². The first-order valence-electron chi connectivity index (χ1n) is 3.89. The zero-order valence-electron chi connectivity index (χ0n) is 8.00. The van der Waals surface area contributed by atoms with Crippen molar-refractivity contribution >= 4 is 20.0 Å². The van der Waals surface area contributed by atoms with Crippen LogP contribution < -0.4 is 0 Å². The normalized spacial score (nSPS) is 12.7. The summed E-state index contributed by atoms with van der Waals surface area (Å²) in [4.78, 5) is 20.9. The highest BCUT2D eigenvalue weighted by atomic mass is 28.3. The fraction of sp³-hybridized carbons (Fsp3) is 0.500. The monoisotopic (exact) mass is 202 g/mol. The molecule has 0 heterocycles. The molecule has 4 nitrogen and oxygen atoms in total. The number of aliphatic carboxylic acids is 2. The Morgan fingerprint density at radius 2 is 1.69 bits per heavy atom. The third kappa shape index (κ3) is 6.09. The molecular weight excluding hydrogens is 188 g/mol. The summed E-state index contributed by atoms with van der Waals surface area (Å²) < 4.78 is 0. The molecule has 0 aliphatic rings. The van der Waals surface area contributed by atoms with Crippen molar-refractivity contribution in [3.8, 4) is 0 Å². The topological polar surface area (TPSA) is 74.6 Å². The van der Waals surface area contributed by atoms with Crippen molar-refractivity contribution in [2.24, 2.45) is 0 Å². The largest absolute Gasteiger partial charge is 0.478 e. The van der Waals surface area contributed by atoms with E-state index >= 15 is 0 Å². The predicted molar refractivity (Wildman–Crippen MR) is 51.5 cm³/mol. The van der Waals surface area contributed by atoms with Gasteiger partial charge in [0.25, 0.3) is 0 Å². The first-order chi connectivity index (χ1) is 5.72. The summed E-state index contributed by atoms with van der Waals surface area (Å²) in [6, 6.07) is 0.384. The SMILES string of the molecule is C[Si](C)(C)C/C(=C\C(=O)O)C(=O)O. The molecule has 0 aromatic rings. The molecule has 0 saturated carbocycles. The second kappa shape index (κ2) is 4.22. The van der Waals surface area contributed by atoms with Crippen LogP contribution in [0.15, 0.2) is 11.6 Å². The van der Waals surface area contributed by atoms with Crippen molar-refractivity contribution in [1.82, 2.24) is 0 Å². The third-order valence-electron chi connectivity index (χ3n) is 1.29. The van der Waals surface area contributed by atoms with E-state index in [1.165, 1.54) is 0 Å². The number of carboxylic acid groups (broad SMARTS) is 2. The smallest absolute Gasteiger partial charge is 0.331 e. The second-order valence-corrected chi connectivity index (χ2v) is 9.53. The van der Waals surface area contributed by atoms with E-state index in [1.807, 2.05) is 19.6 Å². The Bertz CT molecular complexity index is 249. The van der Waals surface area contributed by atoms with Gasteiger partial charge in [-0.05, 0) is 6.04 Å². The summed E-state index contributed by atoms with van der Waals surface area (Å²) in [5.74, 6) is -2.33. The number of hydrogen-bond acceptors (Lipinski definition) is 2. The van der Waals surface area contributed by atoms with Gasteiger partial charge in [0, 0.05) is 19.7 Å². The summed E-state index contributed by atoms with van der Waals surface area (Å²) in [5.41, 5.74) is -0.00772. The maximum Gasteiger partial charge on any atom is 0.331 e. The van der Waals surface area contributed by atoms with Crippen LogP contribution in [0.2, 0.25) is 25.7 Å². The van der Waals surface area contributed by atoms with Gasteiger partial charge in [0.1, 0.15) is 0 Å². The molecule has 5 heteroatoms. The molecule has 0 amide bonds. The minimum absolute atomic E-state index is 0.00772. The molecule has 0 radical (unpaired) electrons. The fourth-order valence-corrected chi connectivity index (χ4v) is 2.30. The first kappa shape index (κ1) is 11.9. The number of rotatable bonds is 4. The lowest BCUT2D eigenvalue weighted by atomic mass is 10.3. The fourth-order valence-electron chi connectivity index (χ4n) is 0.909. The van der Waals surface area contributed by atoms with Crippen molar-refractivity contribution in [2.75, 3.05) is 0 Å². The lowest BCUT2D eigenvalue weighted by molar-refractivity contribution is -0.135. The van der Waals surface area contributed by atoms with Crippen molar-refractivity contribution < 1.29 is 19.8 Å². The number of hydrogen-bond donors (Lipinski definition) is 2. The highest BCUT2D eigenvalue weighted by molar-refractivity contribution is 6.77. The Morgan fingerprint density at radius 1 is 1.23 bits per heavy atom. The third-order valence-corrected chi connectivity index (χ3v) is 2.73. The molecule has 74 valence electrons. The van der Waals surface area contributed by atoms with Gasteiger partial charge in [0.05, 0.1) is 0 Å². The van der Waals surface area contributed by atoms with Crippen LogP contribution in [0.5, 0.6) is 0 Å². The van der Waals surface area contributed by atoms with E-state index in [0.717, 1.165) is 6.08 Å². The average Bonchev–Trinajstić information content (AvgIpc) is 1.81. The van der Waals surface area contributed by atoms with Gasteiger partial charge in [-0.25, -0.2) is 9.59 Å². The lowest BCUT2D eigenvalue weighted by Crippen LogP contribution is -2.23. The quantitative estimate of drug-likeness (QED) is 0.534. The maximum absolute atomic E-state index is 10.6. The molecule has 13 heavy (non-hydrogen) atoms. The van der Waals surface area contributed by atoms with E-state index in [9.17, 15) is 9.59 Å². The predicted octanol–water partition coefficient (Wildman–Crippen LogP) is 1.42. The van der Waals surface area contributed by atoms with Gasteiger partial charge >= 0.3 is 11.9 Å². The highest BCUT2D eigenvalue weighted by Crippen LogP contribution is 2.16. The molecule has 0 atom stereocenters. The Kier molecular flexibility index (Phi) is 3.87. The molecule has 0 rings (SSSR count). The first-order valence-corrected chi connectivity index (χ1v) is 7.60. The molecule has 0 bridgehead atoms. The van der Waals surface area contributed by atoms with Crippen LogP contribution in [-0.4, -0.2) is 30.2 Å².